The van der Waals surface area contributed by atoms with E-state index >= 15 is 0 Å². The highest BCUT2D eigenvalue weighted by Crippen LogP contribution is 2.31. The summed E-state index contributed by atoms with van der Waals surface area (Å²) in [5.41, 5.74) is 3.14. The fourth-order valence-electron chi connectivity index (χ4n) is 2.72. The maximum Gasteiger partial charge on any atom is 0.322 e. The van der Waals surface area contributed by atoms with Crippen molar-refractivity contribution in [3.63, 3.8) is 0 Å². The van der Waals surface area contributed by atoms with E-state index in [1.54, 1.807) is 12.3 Å². The van der Waals surface area contributed by atoms with Crippen molar-refractivity contribution < 1.29 is 4.74 Å². The number of rotatable bonds is 5. The second-order valence-corrected chi connectivity index (χ2v) is 6.19. The summed E-state index contributed by atoms with van der Waals surface area (Å²) >= 11 is 6.03. The van der Waals surface area contributed by atoms with Crippen LogP contribution in [0.3, 0.4) is 0 Å². The minimum Gasteiger partial charge on any atom is -0.424 e. The lowest BCUT2D eigenvalue weighted by Gasteiger charge is -2.08. The fourth-order valence-corrected chi connectivity index (χ4v) is 2.84. The van der Waals surface area contributed by atoms with Crippen molar-refractivity contribution in [1.82, 2.24) is 25.0 Å². The minimum absolute atomic E-state index is 0.256. The Kier molecular flexibility index (Phi) is 4.80. The van der Waals surface area contributed by atoms with Gasteiger partial charge >= 0.3 is 6.01 Å². The van der Waals surface area contributed by atoms with E-state index < -0.39 is 0 Å². The molecule has 0 spiro atoms. The number of nitrogens with zero attached hydrogens (tertiary/aromatic N) is 5. The van der Waals surface area contributed by atoms with E-state index in [0.29, 0.717) is 28.7 Å². The third-order valence-electron chi connectivity index (χ3n) is 3.98. The molecule has 0 unspecified atom stereocenters. The first kappa shape index (κ1) is 17.2. The number of halogens is 1. The van der Waals surface area contributed by atoms with Crippen LogP contribution in [-0.2, 0) is 6.54 Å². The van der Waals surface area contributed by atoms with E-state index in [-0.39, 0.29) is 6.01 Å². The molecule has 0 saturated heterocycles. The van der Waals surface area contributed by atoms with Crippen molar-refractivity contribution in [3.8, 4) is 34.4 Å². The molecule has 0 bridgehead atoms. The highest BCUT2D eigenvalue weighted by Gasteiger charge is 2.18. The van der Waals surface area contributed by atoms with Crippen LogP contribution >= 0.6 is 11.6 Å². The molecule has 0 fully saturated rings. The summed E-state index contributed by atoms with van der Waals surface area (Å²) in [6.07, 6.45) is 1.65. The molecule has 0 saturated carbocycles. The Balaban J connectivity index is 1.75. The lowest BCUT2D eigenvalue weighted by molar-refractivity contribution is 0.442. The Morgan fingerprint density at radius 2 is 1.78 bits per heavy atom. The van der Waals surface area contributed by atoms with E-state index in [0.717, 1.165) is 11.3 Å². The van der Waals surface area contributed by atoms with Crippen LogP contribution < -0.4 is 4.74 Å². The van der Waals surface area contributed by atoms with Crippen molar-refractivity contribution in [2.24, 2.45) is 0 Å². The smallest absolute Gasteiger partial charge is 0.322 e. The van der Waals surface area contributed by atoms with Gasteiger partial charge in [0.15, 0.2) is 0 Å². The predicted molar refractivity (Wildman–Crippen MR) is 104 cm³/mol. The quantitative estimate of drug-likeness (QED) is 0.496. The van der Waals surface area contributed by atoms with E-state index in [1.165, 1.54) is 0 Å². The van der Waals surface area contributed by atoms with Gasteiger partial charge in [0, 0.05) is 23.3 Å². The molecule has 0 aliphatic carbocycles. The lowest BCUT2D eigenvalue weighted by Crippen LogP contribution is -2.00. The maximum absolute atomic E-state index is 6.03. The van der Waals surface area contributed by atoms with Crippen LogP contribution in [0.25, 0.3) is 22.6 Å². The highest BCUT2D eigenvalue weighted by molar-refractivity contribution is 6.30. The Morgan fingerprint density at radius 3 is 2.52 bits per heavy atom. The molecule has 2 aromatic carbocycles. The standard InChI is InChI=1S/C20H16ClN5O/c1-2-26-19(14-8-10-15(21)11-9-14)18(24-25-26)17-12-13-22-20(23-17)27-16-6-4-3-5-7-16/h3-13H,2H2,1H3. The normalized spacial score (nSPS) is 10.7. The van der Waals surface area contributed by atoms with E-state index in [1.807, 2.05) is 66.2 Å². The fraction of sp³-hybridized carbons (Fsp3) is 0.100. The average molecular weight is 378 g/mol. The molecule has 6 nitrogen and oxygen atoms in total. The highest BCUT2D eigenvalue weighted by atomic mass is 35.5. The Bertz CT molecular complexity index is 1050. The molecular weight excluding hydrogens is 362 g/mol. The van der Waals surface area contributed by atoms with E-state index in [9.17, 15) is 0 Å². The summed E-state index contributed by atoms with van der Waals surface area (Å²) in [5, 5.41) is 9.27. The third-order valence-corrected chi connectivity index (χ3v) is 4.23. The summed E-state index contributed by atoms with van der Waals surface area (Å²) in [6, 6.07) is 19.0. The van der Waals surface area contributed by atoms with Crippen molar-refractivity contribution in [2.45, 2.75) is 13.5 Å². The van der Waals surface area contributed by atoms with Gasteiger partial charge in [0.2, 0.25) is 0 Å². The van der Waals surface area contributed by atoms with Gasteiger partial charge in [-0.25, -0.2) is 9.67 Å². The van der Waals surface area contributed by atoms with Gasteiger partial charge in [-0.1, -0.05) is 47.1 Å². The maximum atomic E-state index is 6.03. The number of ether oxygens (including phenoxy) is 1. The summed E-state index contributed by atoms with van der Waals surface area (Å²) in [7, 11) is 0. The Hall–Kier alpha value is -3.25. The summed E-state index contributed by atoms with van der Waals surface area (Å²) < 4.78 is 7.57. The zero-order valence-corrected chi connectivity index (χ0v) is 15.3. The molecule has 4 rings (SSSR count). The topological polar surface area (TPSA) is 65.7 Å². The van der Waals surface area contributed by atoms with Crippen LogP contribution in [0.5, 0.6) is 11.8 Å². The van der Waals surface area contributed by atoms with Gasteiger partial charge in [-0.3, -0.25) is 0 Å². The molecule has 2 heterocycles. The number of benzene rings is 2. The molecule has 7 heteroatoms. The summed E-state index contributed by atoms with van der Waals surface area (Å²) in [5.74, 6) is 0.671. The van der Waals surface area contributed by atoms with Crippen LogP contribution in [0.1, 0.15) is 6.92 Å². The van der Waals surface area contributed by atoms with Gasteiger partial charge < -0.3 is 4.74 Å². The predicted octanol–water partition coefficient (Wildman–Crippen LogP) is 4.87. The van der Waals surface area contributed by atoms with Gasteiger partial charge in [0.05, 0.1) is 5.69 Å². The molecular formula is C20H16ClN5O. The molecule has 0 aliphatic rings. The van der Waals surface area contributed by atoms with Crippen molar-refractivity contribution >= 4 is 11.6 Å². The first-order chi connectivity index (χ1) is 13.2. The van der Waals surface area contributed by atoms with E-state index in [2.05, 4.69) is 20.3 Å². The molecule has 0 amide bonds. The molecule has 4 aromatic rings. The van der Waals surface area contributed by atoms with Crippen LogP contribution in [0.15, 0.2) is 66.9 Å². The lowest BCUT2D eigenvalue weighted by atomic mass is 10.1. The van der Waals surface area contributed by atoms with Crippen LogP contribution in [0.4, 0.5) is 0 Å². The molecule has 27 heavy (non-hydrogen) atoms. The zero-order chi connectivity index (χ0) is 18.6. The average Bonchev–Trinajstić information content (AvgIpc) is 3.14. The van der Waals surface area contributed by atoms with Crippen LogP contribution in [0, 0.1) is 0 Å². The second-order valence-electron chi connectivity index (χ2n) is 5.75. The largest absolute Gasteiger partial charge is 0.424 e. The SMILES string of the molecule is CCn1nnc(-c2ccnc(Oc3ccccc3)n2)c1-c1ccc(Cl)cc1. The molecule has 0 radical (unpaired) electrons. The van der Waals surface area contributed by atoms with Gasteiger partial charge in [-0.05, 0) is 37.3 Å². The molecule has 0 N–H and O–H groups in total. The third kappa shape index (κ3) is 3.66. The van der Waals surface area contributed by atoms with Crippen molar-refractivity contribution in [1.29, 1.82) is 0 Å². The Morgan fingerprint density at radius 1 is 1.00 bits per heavy atom. The van der Waals surface area contributed by atoms with Crippen molar-refractivity contribution in [2.75, 3.05) is 0 Å². The van der Waals surface area contributed by atoms with Gasteiger partial charge in [-0.2, -0.15) is 4.98 Å². The van der Waals surface area contributed by atoms with E-state index in [4.69, 9.17) is 16.3 Å². The number of hydrogen-bond acceptors (Lipinski definition) is 5. The van der Waals surface area contributed by atoms with Gasteiger partial charge in [-0.15, -0.1) is 5.10 Å². The molecule has 2 aromatic heterocycles. The first-order valence-electron chi connectivity index (χ1n) is 8.50. The summed E-state index contributed by atoms with van der Waals surface area (Å²) in [4.78, 5) is 8.71. The summed E-state index contributed by atoms with van der Waals surface area (Å²) in [6.45, 7) is 2.70. The zero-order valence-electron chi connectivity index (χ0n) is 14.6. The first-order valence-corrected chi connectivity index (χ1v) is 8.88. The monoisotopic (exact) mass is 377 g/mol. The van der Waals surface area contributed by atoms with Crippen LogP contribution in [-0.4, -0.2) is 25.0 Å². The van der Waals surface area contributed by atoms with Gasteiger partial charge in [0.1, 0.15) is 17.1 Å². The minimum atomic E-state index is 0.256. The number of aryl methyl sites for hydroxylation is 1. The Labute approximate surface area is 161 Å². The molecule has 134 valence electrons. The number of aromatic nitrogens is 5. The number of hydrogen-bond donors (Lipinski definition) is 0. The van der Waals surface area contributed by atoms with Crippen LogP contribution in [0.2, 0.25) is 5.02 Å². The molecule has 0 atom stereocenters. The van der Waals surface area contributed by atoms with Crippen molar-refractivity contribution in [3.05, 3.63) is 71.9 Å². The second kappa shape index (κ2) is 7.55. The molecule has 0 aliphatic heterocycles. The van der Waals surface area contributed by atoms with Gasteiger partial charge in [0.25, 0.3) is 0 Å². The number of para-hydroxylation sites is 1.